The number of ether oxygens (including phenoxy) is 2. The molecule has 1 rings (SSSR count). The molecule has 0 aliphatic carbocycles. The molecule has 0 saturated heterocycles. The summed E-state index contributed by atoms with van der Waals surface area (Å²) in [5, 5.41) is 0. The van der Waals surface area contributed by atoms with Gasteiger partial charge in [-0.2, -0.15) is 0 Å². The fraction of sp³-hybridized carbons (Fsp3) is 0.529. The number of nitrogens with zero attached hydrogens (tertiary/aromatic N) is 1. The third kappa shape index (κ3) is 4.36. The van der Waals surface area contributed by atoms with Crippen LogP contribution in [0.1, 0.15) is 39.2 Å². The highest BCUT2D eigenvalue weighted by Crippen LogP contribution is 2.27. The summed E-state index contributed by atoms with van der Waals surface area (Å²) in [5.74, 6) is -0.712. The smallest absolute Gasteiger partial charge is 0.251 e. The van der Waals surface area contributed by atoms with Crippen LogP contribution >= 0.6 is 0 Å². The molecule has 0 aromatic heterocycles. The van der Waals surface area contributed by atoms with Gasteiger partial charge in [0.1, 0.15) is 0 Å². The maximum absolute atomic E-state index is 5.97. The van der Waals surface area contributed by atoms with Crippen molar-refractivity contribution in [3.63, 3.8) is 0 Å². The third-order valence-corrected chi connectivity index (χ3v) is 3.16. The van der Waals surface area contributed by atoms with Gasteiger partial charge in [0.05, 0.1) is 0 Å². The maximum Gasteiger partial charge on any atom is 0.251 e. The zero-order valence-corrected chi connectivity index (χ0v) is 13.0. The van der Waals surface area contributed by atoms with E-state index >= 15 is 0 Å². The van der Waals surface area contributed by atoms with E-state index in [9.17, 15) is 0 Å². The molecule has 3 nitrogen and oxygen atoms in total. The van der Waals surface area contributed by atoms with Crippen molar-refractivity contribution >= 4 is 0 Å². The Morgan fingerprint density at radius 1 is 1.10 bits per heavy atom. The summed E-state index contributed by atoms with van der Waals surface area (Å²) in [6.45, 7) is 12.0. The molecule has 0 unspecified atom stereocenters. The number of rotatable bonds is 10. The van der Waals surface area contributed by atoms with Gasteiger partial charge in [-0.25, -0.2) is 0 Å². The van der Waals surface area contributed by atoms with Crippen LogP contribution in [0.2, 0.25) is 0 Å². The highest BCUT2D eigenvalue weighted by molar-refractivity contribution is 5.15. The quantitative estimate of drug-likeness (QED) is 0.599. The predicted molar refractivity (Wildman–Crippen MR) is 83.1 cm³/mol. The van der Waals surface area contributed by atoms with E-state index in [0.29, 0.717) is 13.2 Å². The number of hydrogen-bond acceptors (Lipinski definition) is 3. The van der Waals surface area contributed by atoms with Gasteiger partial charge in [-0.15, -0.1) is 0 Å². The Morgan fingerprint density at radius 3 is 2.15 bits per heavy atom. The summed E-state index contributed by atoms with van der Waals surface area (Å²) in [6, 6.07) is 10.3. The normalized spacial score (nSPS) is 11.3. The van der Waals surface area contributed by atoms with Crippen molar-refractivity contribution in [3.8, 4) is 0 Å². The molecule has 0 N–H and O–H groups in total. The summed E-state index contributed by atoms with van der Waals surface area (Å²) in [6.07, 6.45) is 3.61. The molecule has 0 atom stereocenters. The molecule has 0 bridgehead atoms. The molecular weight excluding hydrogens is 250 g/mol. The van der Waals surface area contributed by atoms with Crippen LogP contribution in [0.25, 0.3) is 0 Å². The minimum atomic E-state index is -0.712. The van der Waals surface area contributed by atoms with Crippen LogP contribution in [0.15, 0.2) is 43.1 Å². The van der Waals surface area contributed by atoms with E-state index in [1.165, 1.54) is 5.56 Å². The van der Waals surface area contributed by atoms with Crippen LogP contribution < -0.4 is 0 Å². The van der Waals surface area contributed by atoms with Gasteiger partial charge < -0.3 is 14.4 Å². The second-order valence-corrected chi connectivity index (χ2v) is 4.62. The first-order valence-electron chi connectivity index (χ1n) is 7.43. The average Bonchev–Trinajstić information content (AvgIpc) is 2.46. The van der Waals surface area contributed by atoms with Gasteiger partial charge in [0.25, 0.3) is 5.91 Å². The van der Waals surface area contributed by atoms with Crippen LogP contribution in [0.4, 0.5) is 0 Å². The first kappa shape index (κ1) is 16.7. The fourth-order valence-corrected chi connectivity index (χ4v) is 2.37. The first-order valence-corrected chi connectivity index (χ1v) is 7.43. The number of benzene rings is 1. The van der Waals surface area contributed by atoms with Gasteiger partial charge in [0.15, 0.2) is 0 Å². The lowest BCUT2D eigenvalue weighted by molar-refractivity contribution is -0.309. The molecule has 112 valence electrons. The molecule has 0 amide bonds. The zero-order valence-electron chi connectivity index (χ0n) is 13.0. The lowest BCUT2D eigenvalue weighted by atomic mass is 10.1. The van der Waals surface area contributed by atoms with Gasteiger partial charge in [-0.1, -0.05) is 43.8 Å². The standard InChI is InChI=1S/C17H27NO2/c1-5-14-17(19-7-3,20-8-4)18(6-2)15-16-12-10-9-11-13-16/h6,9-13H,2,5,7-8,14-15H2,1,3-4H3. The Hall–Kier alpha value is -1.32. The van der Waals surface area contributed by atoms with Crippen LogP contribution in [0, 0.1) is 0 Å². The largest absolute Gasteiger partial charge is 0.333 e. The second kappa shape index (κ2) is 8.77. The Morgan fingerprint density at radius 2 is 1.70 bits per heavy atom. The van der Waals surface area contributed by atoms with Crippen LogP contribution in [0.5, 0.6) is 0 Å². The Labute approximate surface area is 123 Å². The SMILES string of the molecule is C=CN(Cc1ccccc1)C(CCC)(OCC)OCC. The van der Waals surface area contributed by atoms with Gasteiger partial charge in [-0.05, 0) is 32.0 Å². The Kier molecular flexibility index (Phi) is 7.34. The van der Waals surface area contributed by atoms with Crippen molar-refractivity contribution < 1.29 is 9.47 Å². The Bertz CT molecular complexity index is 361. The summed E-state index contributed by atoms with van der Waals surface area (Å²) in [7, 11) is 0. The molecular formula is C17H27NO2. The van der Waals surface area contributed by atoms with E-state index in [4.69, 9.17) is 9.47 Å². The molecule has 20 heavy (non-hydrogen) atoms. The van der Waals surface area contributed by atoms with E-state index in [-0.39, 0.29) is 0 Å². The second-order valence-electron chi connectivity index (χ2n) is 4.62. The monoisotopic (exact) mass is 277 g/mol. The summed E-state index contributed by atoms with van der Waals surface area (Å²) >= 11 is 0. The summed E-state index contributed by atoms with van der Waals surface area (Å²) < 4.78 is 11.9. The summed E-state index contributed by atoms with van der Waals surface area (Å²) in [5.41, 5.74) is 1.22. The molecule has 0 heterocycles. The summed E-state index contributed by atoms with van der Waals surface area (Å²) in [4.78, 5) is 2.05. The van der Waals surface area contributed by atoms with E-state index in [0.717, 1.165) is 19.4 Å². The molecule has 0 radical (unpaired) electrons. The highest BCUT2D eigenvalue weighted by atomic mass is 16.7. The van der Waals surface area contributed by atoms with Crippen LogP contribution in [0.3, 0.4) is 0 Å². The van der Waals surface area contributed by atoms with Crippen molar-refractivity contribution in [1.29, 1.82) is 0 Å². The number of hydrogen-bond donors (Lipinski definition) is 0. The van der Waals surface area contributed by atoms with E-state index in [2.05, 4.69) is 30.5 Å². The zero-order chi connectivity index (χ0) is 14.8. The van der Waals surface area contributed by atoms with Crippen molar-refractivity contribution in [1.82, 2.24) is 4.90 Å². The average molecular weight is 277 g/mol. The van der Waals surface area contributed by atoms with Crippen molar-refractivity contribution in [2.75, 3.05) is 13.2 Å². The van der Waals surface area contributed by atoms with Gasteiger partial charge in [0.2, 0.25) is 0 Å². The van der Waals surface area contributed by atoms with Gasteiger partial charge in [-0.3, -0.25) is 0 Å². The minimum Gasteiger partial charge on any atom is -0.333 e. The minimum absolute atomic E-state index is 0.610. The lowest BCUT2D eigenvalue weighted by Gasteiger charge is -2.42. The Balaban J connectivity index is 2.96. The topological polar surface area (TPSA) is 21.7 Å². The lowest BCUT2D eigenvalue weighted by Crippen LogP contribution is -2.50. The van der Waals surface area contributed by atoms with E-state index in [1.54, 1.807) is 0 Å². The molecule has 0 spiro atoms. The molecule has 0 aliphatic heterocycles. The highest BCUT2D eigenvalue weighted by Gasteiger charge is 2.36. The van der Waals surface area contributed by atoms with E-state index < -0.39 is 5.91 Å². The van der Waals surface area contributed by atoms with Crippen molar-refractivity contribution in [3.05, 3.63) is 48.7 Å². The third-order valence-electron chi connectivity index (χ3n) is 3.16. The molecule has 1 aromatic rings. The molecule has 3 heteroatoms. The van der Waals surface area contributed by atoms with Crippen LogP contribution in [-0.2, 0) is 16.0 Å². The van der Waals surface area contributed by atoms with Crippen LogP contribution in [-0.4, -0.2) is 24.0 Å². The molecule has 0 fully saturated rings. The van der Waals surface area contributed by atoms with Crippen molar-refractivity contribution in [2.45, 2.75) is 46.1 Å². The van der Waals surface area contributed by atoms with E-state index in [1.807, 2.05) is 38.2 Å². The molecule has 0 saturated carbocycles. The first-order chi connectivity index (χ1) is 9.72. The fourth-order valence-electron chi connectivity index (χ4n) is 2.37. The maximum atomic E-state index is 5.97. The van der Waals surface area contributed by atoms with Crippen molar-refractivity contribution in [2.24, 2.45) is 0 Å². The predicted octanol–water partition coefficient (Wildman–Crippen LogP) is 4.16. The molecule has 1 aromatic carbocycles. The van der Waals surface area contributed by atoms with Gasteiger partial charge >= 0.3 is 0 Å². The molecule has 0 aliphatic rings. The van der Waals surface area contributed by atoms with Gasteiger partial charge in [0, 0.05) is 26.2 Å².